The maximum absolute atomic E-state index is 11.9. The number of amides is 3. The van der Waals surface area contributed by atoms with Crippen LogP contribution in [0.2, 0.25) is 0 Å². The number of nitrogens with zero attached hydrogens (tertiary/aromatic N) is 1. The Morgan fingerprint density at radius 1 is 1.37 bits per heavy atom. The van der Waals surface area contributed by atoms with E-state index in [1.54, 1.807) is 0 Å². The summed E-state index contributed by atoms with van der Waals surface area (Å²) in [6, 6.07) is 7.76. The molecule has 6 heteroatoms. The molecule has 0 aromatic heterocycles. The van der Waals surface area contributed by atoms with Crippen LogP contribution >= 0.6 is 0 Å². The lowest BCUT2D eigenvalue weighted by atomic mass is 10.1. The van der Waals surface area contributed by atoms with E-state index in [0.29, 0.717) is 0 Å². The third kappa shape index (κ3) is 3.09. The van der Waals surface area contributed by atoms with Crippen LogP contribution < -0.4 is 5.32 Å². The van der Waals surface area contributed by atoms with Gasteiger partial charge in [-0.15, -0.1) is 0 Å². The summed E-state index contributed by atoms with van der Waals surface area (Å²) < 4.78 is 5.12. The first kappa shape index (κ1) is 13.1. The fourth-order valence-electron chi connectivity index (χ4n) is 1.78. The Morgan fingerprint density at radius 3 is 2.74 bits per heavy atom. The zero-order valence-electron chi connectivity index (χ0n) is 10.5. The zero-order chi connectivity index (χ0) is 13.8. The molecule has 0 radical (unpaired) electrons. The Labute approximate surface area is 110 Å². The van der Waals surface area contributed by atoms with Crippen LogP contribution in [0, 0.1) is 0 Å². The summed E-state index contributed by atoms with van der Waals surface area (Å²) >= 11 is 0. The van der Waals surface area contributed by atoms with Gasteiger partial charge in [0.15, 0.2) is 0 Å². The van der Waals surface area contributed by atoms with E-state index in [4.69, 9.17) is 4.74 Å². The molecule has 1 heterocycles. The van der Waals surface area contributed by atoms with E-state index in [2.05, 4.69) is 5.32 Å². The van der Waals surface area contributed by atoms with Gasteiger partial charge in [-0.1, -0.05) is 30.3 Å². The van der Waals surface area contributed by atoms with Crippen molar-refractivity contribution in [3.05, 3.63) is 35.9 Å². The molecule has 1 aliphatic heterocycles. The summed E-state index contributed by atoms with van der Waals surface area (Å²) in [6.45, 7) is 0.125. The van der Waals surface area contributed by atoms with Crippen molar-refractivity contribution in [1.82, 2.24) is 10.2 Å². The molecule has 0 saturated carbocycles. The molecule has 1 saturated heterocycles. The van der Waals surface area contributed by atoms with Crippen molar-refractivity contribution in [2.45, 2.75) is 19.1 Å². The van der Waals surface area contributed by atoms with Crippen molar-refractivity contribution in [1.29, 1.82) is 0 Å². The lowest BCUT2D eigenvalue weighted by molar-refractivity contribution is -0.152. The third-order valence-corrected chi connectivity index (χ3v) is 2.91. The minimum Gasteiger partial charge on any atom is -0.459 e. The first-order valence-corrected chi connectivity index (χ1v) is 5.85. The molecule has 100 valence electrons. The van der Waals surface area contributed by atoms with E-state index in [-0.39, 0.29) is 13.0 Å². The van der Waals surface area contributed by atoms with Gasteiger partial charge in [-0.3, -0.25) is 10.1 Å². The summed E-state index contributed by atoms with van der Waals surface area (Å²) in [6.07, 6.45) is -0.0735. The van der Waals surface area contributed by atoms with Crippen LogP contribution in [0.4, 0.5) is 4.79 Å². The maximum Gasteiger partial charge on any atom is 0.329 e. The Hall–Kier alpha value is -2.37. The van der Waals surface area contributed by atoms with E-state index >= 15 is 0 Å². The van der Waals surface area contributed by atoms with Gasteiger partial charge < -0.3 is 9.64 Å². The van der Waals surface area contributed by atoms with Crippen molar-refractivity contribution in [3.63, 3.8) is 0 Å². The number of esters is 1. The average molecular weight is 262 g/mol. The largest absolute Gasteiger partial charge is 0.459 e. The predicted molar refractivity (Wildman–Crippen MR) is 65.9 cm³/mol. The van der Waals surface area contributed by atoms with Crippen molar-refractivity contribution in [2.24, 2.45) is 0 Å². The highest BCUT2D eigenvalue weighted by Crippen LogP contribution is 2.11. The normalized spacial score (nSPS) is 19.0. The van der Waals surface area contributed by atoms with Crippen LogP contribution in [-0.2, 0) is 20.9 Å². The number of likely N-dealkylation sites (N-methyl/N-ethyl adjacent to an activating group) is 1. The summed E-state index contributed by atoms with van der Waals surface area (Å²) in [5.41, 5.74) is 0.852. The predicted octanol–water partition coefficient (Wildman–Crippen LogP) is 0.670. The first-order chi connectivity index (χ1) is 9.08. The van der Waals surface area contributed by atoms with E-state index in [1.807, 2.05) is 30.3 Å². The fraction of sp³-hybridized carbons (Fsp3) is 0.308. The molecule has 6 nitrogen and oxygen atoms in total. The molecule has 1 aromatic rings. The van der Waals surface area contributed by atoms with Crippen molar-refractivity contribution in [2.75, 3.05) is 7.05 Å². The van der Waals surface area contributed by atoms with E-state index in [1.165, 1.54) is 11.9 Å². The average Bonchev–Trinajstić information content (AvgIpc) is 2.41. The molecule has 1 fully saturated rings. The summed E-state index contributed by atoms with van der Waals surface area (Å²) in [7, 11) is 1.45. The number of imide groups is 1. The topological polar surface area (TPSA) is 75.7 Å². The highest BCUT2D eigenvalue weighted by atomic mass is 16.5. The molecule has 0 spiro atoms. The first-order valence-electron chi connectivity index (χ1n) is 5.85. The van der Waals surface area contributed by atoms with Crippen molar-refractivity contribution >= 4 is 17.9 Å². The Balaban J connectivity index is 1.95. The standard InChI is InChI=1S/C13H14N2O4/c1-15-10(7-11(16)14-13(15)18)12(17)19-8-9-5-3-2-4-6-9/h2-6,10H,7-8H2,1H3,(H,14,16,18)/t10-/m0/s1. The van der Waals surface area contributed by atoms with Gasteiger partial charge in [0, 0.05) is 7.05 Å². The maximum atomic E-state index is 11.9. The van der Waals surface area contributed by atoms with Gasteiger partial charge in [0.25, 0.3) is 0 Å². The van der Waals surface area contributed by atoms with Gasteiger partial charge in [0.1, 0.15) is 12.6 Å². The van der Waals surface area contributed by atoms with Gasteiger partial charge in [0.05, 0.1) is 6.42 Å². The number of urea groups is 1. The molecule has 1 aromatic carbocycles. The second-order valence-corrected chi connectivity index (χ2v) is 4.28. The van der Waals surface area contributed by atoms with Crippen LogP contribution in [0.5, 0.6) is 0 Å². The van der Waals surface area contributed by atoms with E-state index in [0.717, 1.165) is 5.56 Å². The van der Waals surface area contributed by atoms with Crippen LogP contribution in [0.3, 0.4) is 0 Å². The minimum absolute atomic E-state index is 0.0735. The quantitative estimate of drug-likeness (QED) is 0.812. The number of carbonyl (C=O) groups excluding carboxylic acids is 3. The molecule has 3 amide bonds. The summed E-state index contributed by atoms with van der Waals surface area (Å²) in [5, 5.41) is 2.13. The molecular weight excluding hydrogens is 248 g/mol. The monoisotopic (exact) mass is 262 g/mol. The molecular formula is C13H14N2O4. The second-order valence-electron chi connectivity index (χ2n) is 4.28. The molecule has 1 aliphatic rings. The lowest BCUT2D eigenvalue weighted by Crippen LogP contribution is -2.56. The minimum atomic E-state index is -0.857. The van der Waals surface area contributed by atoms with Crippen LogP contribution in [0.25, 0.3) is 0 Å². The zero-order valence-corrected chi connectivity index (χ0v) is 10.5. The number of benzene rings is 1. The number of ether oxygens (including phenoxy) is 1. The molecule has 0 bridgehead atoms. The van der Waals surface area contributed by atoms with Gasteiger partial charge in [-0.05, 0) is 5.56 Å². The molecule has 2 rings (SSSR count). The number of hydrogen-bond donors (Lipinski definition) is 1. The summed E-state index contributed by atoms with van der Waals surface area (Å²) in [5.74, 6) is -1.04. The number of hydrogen-bond acceptors (Lipinski definition) is 4. The molecule has 0 aliphatic carbocycles. The Morgan fingerprint density at radius 2 is 2.05 bits per heavy atom. The van der Waals surface area contributed by atoms with Crippen molar-refractivity contribution in [3.8, 4) is 0 Å². The van der Waals surface area contributed by atoms with Gasteiger partial charge >= 0.3 is 12.0 Å². The molecule has 1 N–H and O–H groups in total. The number of nitrogens with one attached hydrogen (secondary N) is 1. The van der Waals surface area contributed by atoms with Crippen LogP contribution in [-0.4, -0.2) is 35.9 Å². The molecule has 1 atom stereocenters. The van der Waals surface area contributed by atoms with Crippen molar-refractivity contribution < 1.29 is 19.1 Å². The van der Waals surface area contributed by atoms with Gasteiger partial charge in [0.2, 0.25) is 5.91 Å². The van der Waals surface area contributed by atoms with Gasteiger partial charge in [-0.2, -0.15) is 0 Å². The third-order valence-electron chi connectivity index (χ3n) is 2.91. The lowest BCUT2D eigenvalue weighted by Gasteiger charge is -2.30. The Bertz CT molecular complexity index is 501. The highest BCUT2D eigenvalue weighted by molar-refractivity contribution is 6.01. The molecule has 19 heavy (non-hydrogen) atoms. The number of rotatable bonds is 3. The highest BCUT2D eigenvalue weighted by Gasteiger charge is 2.35. The SMILES string of the molecule is CN1C(=O)NC(=O)C[C@H]1C(=O)OCc1ccccc1. The van der Waals surface area contributed by atoms with Crippen LogP contribution in [0.15, 0.2) is 30.3 Å². The van der Waals surface area contributed by atoms with E-state index in [9.17, 15) is 14.4 Å². The second kappa shape index (κ2) is 5.51. The number of carbonyl (C=O) groups is 3. The van der Waals surface area contributed by atoms with Crippen LogP contribution in [0.1, 0.15) is 12.0 Å². The van der Waals surface area contributed by atoms with E-state index < -0.39 is 23.9 Å². The summed E-state index contributed by atoms with van der Waals surface area (Å²) in [4.78, 5) is 35.7. The fourth-order valence-corrected chi connectivity index (χ4v) is 1.78. The van der Waals surface area contributed by atoms with Gasteiger partial charge in [-0.25, -0.2) is 9.59 Å². The Kier molecular flexibility index (Phi) is 3.79. The molecule has 0 unspecified atom stereocenters. The smallest absolute Gasteiger partial charge is 0.329 e.